The minimum Gasteiger partial charge on any atom is -0.387 e. The van der Waals surface area contributed by atoms with Crippen LogP contribution in [0.3, 0.4) is 0 Å². The van der Waals surface area contributed by atoms with Crippen LogP contribution in [-0.2, 0) is 0 Å². The van der Waals surface area contributed by atoms with Crippen LogP contribution in [0.4, 0.5) is 0 Å². The van der Waals surface area contributed by atoms with E-state index < -0.39 is 0 Å². The summed E-state index contributed by atoms with van der Waals surface area (Å²) in [7, 11) is 0. The topological polar surface area (TPSA) is 38.4 Å². The van der Waals surface area contributed by atoms with Crippen LogP contribution < -0.4 is 5.73 Å². The van der Waals surface area contributed by atoms with Crippen LogP contribution in [0.25, 0.3) is 0 Å². The molecule has 0 bridgehead atoms. The highest BCUT2D eigenvalue weighted by Gasteiger charge is 2.26. The zero-order valence-corrected chi connectivity index (χ0v) is 9.21. The molecule has 2 aliphatic carbocycles. The van der Waals surface area contributed by atoms with Crippen molar-refractivity contribution in [3.8, 4) is 0 Å². The molecule has 0 aliphatic heterocycles. The van der Waals surface area contributed by atoms with Gasteiger partial charge in [-0.2, -0.15) is 0 Å². The van der Waals surface area contributed by atoms with Gasteiger partial charge < -0.3 is 5.73 Å². The predicted molar refractivity (Wildman–Crippen MR) is 60.3 cm³/mol. The molecule has 0 aromatic rings. The Labute approximate surface area is 87.0 Å². The fraction of sp³-hybridized carbons (Fsp3) is 0.917. The molecule has 2 fully saturated rings. The Morgan fingerprint density at radius 1 is 1.29 bits per heavy atom. The van der Waals surface area contributed by atoms with Gasteiger partial charge in [0.15, 0.2) is 0 Å². The molecule has 0 amide bonds. The van der Waals surface area contributed by atoms with Crippen LogP contribution in [0.2, 0.25) is 0 Å². The van der Waals surface area contributed by atoms with E-state index in [4.69, 9.17) is 5.73 Å². The van der Waals surface area contributed by atoms with E-state index in [0.717, 1.165) is 24.2 Å². The van der Waals surface area contributed by atoms with Crippen molar-refractivity contribution < 1.29 is 0 Å². The number of nitrogens with zero attached hydrogens (tertiary/aromatic N) is 1. The molecule has 0 heterocycles. The quantitative estimate of drug-likeness (QED) is 0.544. The molecule has 2 rings (SSSR count). The summed E-state index contributed by atoms with van der Waals surface area (Å²) in [6.45, 7) is 3.35. The summed E-state index contributed by atoms with van der Waals surface area (Å²) in [6, 6.07) is 0. The maximum atomic E-state index is 5.88. The smallest absolute Gasteiger partial charge is 0.0968 e. The number of hydrogen-bond acceptors (Lipinski definition) is 1. The van der Waals surface area contributed by atoms with Gasteiger partial charge in [0.1, 0.15) is 0 Å². The maximum Gasteiger partial charge on any atom is 0.0968 e. The molecule has 2 saturated carbocycles. The maximum absolute atomic E-state index is 5.88. The first kappa shape index (κ1) is 10.0. The summed E-state index contributed by atoms with van der Waals surface area (Å²) < 4.78 is 0. The number of hydrogen-bond donors (Lipinski definition) is 1. The van der Waals surface area contributed by atoms with Crippen molar-refractivity contribution in [2.24, 2.45) is 28.5 Å². The molecule has 80 valence electrons. The molecular weight excluding hydrogens is 172 g/mol. The lowest BCUT2D eigenvalue weighted by Crippen LogP contribution is -2.20. The predicted octanol–water partition coefficient (Wildman–Crippen LogP) is 2.58. The molecular formula is C12H22N2. The first-order chi connectivity index (χ1) is 6.75. The zero-order chi connectivity index (χ0) is 9.97. The van der Waals surface area contributed by atoms with Crippen molar-refractivity contribution in [1.29, 1.82) is 0 Å². The summed E-state index contributed by atoms with van der Waals surface area (Å²) in [4.78, 5) is 4.54. The van der Waals surface area contributed by atoms with Crippen LogP contribution in [0, 0.1) is 17.8 Å². The minimum absolute atomic E-state index is 0.649. The second-order valence-electron chi connectivity index (χ2n) is 5.18. The fourth-order valence-corrected chi connectivity index (χ4v) is 2.47. The number of rotatable bonds is 3. The Kier molecular flexibility index (Phi) is 3.09. The summed E-state index contributed by atoms with van der Waals surface area (Å²) in [6.07, 6.45) is 8.09. The Bertz CT molecular complexity index is 218. The third-order valence-electron chi connectivity index (χ3n) is 3.57. The van der Waals surface area contributed by atoms with Gasteiger partial charge in [0.2, 0.25) is 0 Å². The lowest BCUT2D eigenvalue weighted by molar-refractivity contribution is 0.289. The van der Waals surface area contributed by atoms with E-state index in [1.807, 2.05) is 0 Å². The van der Waals surface area contributed by atoms with E-state index in [9.17, 15) is 0 Å². The monoisotopic (exact) mass is 194 g/mol. The highest BCUT2D eigenvalue weighted by atomic mass is 14.9. The normalized spacial score (nSPS) is 34.5. The molecule has 14 heavy (non-hydrogen) atoms. The van der Waals surface area contributed by atoms with Crippen molar-refractivity contribution in [3.05, 3.63) is 0 Å². The molecule has 2 atom stereocenters. The van der Waals surface area contributed by atoms with Crippen molar-refractivity contribution in [1.82, 2.24) is 0 Å². The number of nitrogens with two attached hydrogens (primary N) is 1. The highest BCUT2D eigenvalue weighted by molar-refractivity contribution is 5.84. The van der Waals surface area contributed by atoms with Crippen molar-refractivity contribution in [2.45, 2.75) is 45.4 Å². The van der Waals surface area contributed by atoms with Crippen LogP contribution in [0.1, 0.15) is 45.4 Å². The lowest BCUT2D eigenvalue weighted by atomic mass is 9.82. The van der Waals surface area contributed by atoms with E-state index in [-0.39, 0.29) is 0 Å². The molecule has 0 aromatic heterocycles. The van der Waals surface area contributed by atoms with E-state index in [0.29, 0.717) is 5.92 Å². The first-order valence-electron chi connectivity index (χ1n) is 6.05. The van der Waals surface area contributed by atoms with Gasteiger partial charge in [-0.1, -0.05) is 19.8 Å². The van der Waals surface area contributed by atoms with Gasteiger partial charge in [-0.25, -0.2) is 0 Å². The molecule has 2 nitrogen and oxygen atoms in total. The summed E-state index contributed by atoms with van der Waals surface area (Å²) in [5.74, 6) is 3.31. The lowest BCUT2D eigenvalue weighted by Gasteiger charge is -2.25. The second-order valence-corrected chi connectivity index (χ2v) is 5.18. The van der Waals surface area contributed by atoms with E-state index >= 15 is 0 Å². The summed E-state index contributed by atoms with van der Waals surface area (Å²) in [5, 5.41) is 0. The van der Waals surface area contributed by atoms with Crippen LogP contribution in [0.5, 0.6) is 0 Å². The molecule has 2 heteroatoms. The third kappa shape index (κ3) is 2.73. The summed E-state index contributed by atoms with van der Waals surface area (Å²) >= 11 is 0. The van der Waals surface area contributed by atoms with Crippen LogP contribution in [-0.4, -0.2) is 12.4 Å². The summed E-state index contributed by atoms with van der Waals surface area (Å²) in [5.41, 5.74) is 5.88. The van der Waals surface area contributed by atoms with Crippen molar-refractivity contribution in [2.75, 3.05) is 6.54 Å². The Morgan fingerprint density at radius 2 is 2.07 bits per heavy atom. The van der Waals surface area contributed by atoms with Gasteiger partial charge in [0.25, 0.3) is 0 Å². The SMILES string of the molecule is CC1CCCC(CN=C(N)C2CC2)C1. The molecule has 0 radical (unpaired) electrons. The molecule has 2 N–H and O–H groups in total. The van der Waals surface area contributed by atoms with Gasteiger partial charge in [-0.15, -0.1) is 0 Å². The number of amidine groups is 1. The van der Waals surface area contributed by atoms with E-state index in [2.05, 4.69) is 11.9 Å². The largest absolute Gasteiger partial charge is 0.387 e. The molecule has 0 saturated heterocycles. The van der Waals surface area contributed by atoms with Crippen LogP contribution >= 0.6 is 0 Å². The minimum atomic E-state index is 0.649. The fourth-order valence-electron chi connectivity index (χ4n) is 2.47. The zero-order valence-electron chi connectivity index (χ0n) is 9.21. The highest BCUT2D eigenvalue weighted by Crippen LogP contribution is 2.31. The Morgan fingerprint density at radius 3 is 2.71 bits per heavy atom. The first-order valence-corrected chi connectivity index (χ1v) is 6.05. The Hall–Kier alpha value is -0.530. The van der Waals surface area contributed by atoms with Gasteiger partial charge in [-0.3, -0.25) is 4.99 Å². The van der Waals surface area contributed by atoms with Gasteiger partial charge in [0.05, 0.1) is 5.84 Å². The van der Waals surface area contributed by atoms with E-state index in [1.165, 1.54) is 38.5 Å². The average molecular weight is 194 g/mol. The molecule has 2 unspecified atom stereocenters. The molecule has 2 aliphatic rings. The second kappa shape index (κ2) is 4.33. The molecule has 0 aromatic carbocycles. The van der Waals surface area contributed by atoms with Crippen molar-refractivity contribution in [3.63, 3.8) is 0 Å². The van der Waals surface area contributed by atoms with Crippen LogP contribution in [0.15, 0.2) is 4.99 Å². The van der Waals surface area contributed by atoms with Crippen molar-refractivity contribution >= 4 is 5.84 Å². The Balaban J connectivity index is 1.75. The van der Waals surface area contributed by atoms with Gasteiger partial charge in [0, 0.05) is 12.5 Å². The third-order valence-corrected chi connectivity index (χ3v) is 3.57. The van der Waals surface area contributed by atoms with Gasteiger partial charge >= 0.3 is 0 Å². The van der Waals surface area contributed by atoms with Gasteiger partial charge in [-0.05, 0) is 37.5 Å². The molecule has 0 spiro atoms. The van der Waals surface area contributed by atoms with E-state index in [1.54, 1.807) is 0 Å². The number of aliphatic imine (C=N–C) groups is 1. The standard InChI is InChI=1S/C12H22N2/c1-9-3-2-4-10(7-9)8-14-12(13)11-5-6-11/h9-11H,2-8H2,1H3,(H2,13,14). The average Bonchev–Trinajstić information content (AvgIpc) is 2.97.